The maximum Gasteiger partial charge on any atom is 0.408 e. The summed E-state index contributed by atoms with van der Waals surface area (Å²) in [6.07, 6.45) is -0.473. The summed E-state index contributed by atoms with van der Waals surface area (Å²) in [5.41, 5.74) is 2.04. The molecular formula is C26H29ClN4O5. The lowest BCUT2D eigenvalue weighted by Gasteiger charge is -2.23. The van der Waals surface area contributed by atoms with E-state index in [-0.39, 0.29) is 6.42 Å². The number of anilines is 1. The summed E-state index contributed by atoms with van der Waals surface area (Å²) in [4.78, 5) is 43.4. The molecule has 0 radical (unpaired) electrons. The Kier molecular flexibility index (Phi) is 8.71. The topological polar surface area (TPSA) is 122 Å². The molecule has 0 aliphatic rings. The zero-order valence-electron chi connectivity index (χ0n) is 20.6. The summed E-state index contributed by atoms with van der Waals surface area (Å²) in [5, 5.41) is 5.81. The van der Waals surface area contributed by atoms with Gasteiger partial charge in [-0.05, 0) is 38.5 Å². The first-order valence-corrected chi connectivity index (χ1v) is 11.7. The second kappa shape index (κ2) is 11.7. The summed E-state index contributed by atoms with van der Waals surface area (Å²) >= 11 is 6.48. The van der Waals surface area contributed by atoms with Crippen molar-refractivity contribution >= 4 is 35.3 Å². The molecule has 0 unspecified atom stereocenters. The van der Waals surface area contributed by atoms with E-state index in [0.29, 0.717) is 34.3 Å². The molecule has 3 aromatic rings. The number of aromatic nitrogens is 2. The van der Waals surface area contributed by atoms with Gasteiger partial charge < -0.3 is 25.1 Å². The van der Waals surface area contributed by atoms with Crippen molar-refractivity contribution in [2.24, 2.45) is 0 Å². The van der Waals surface area contributed by atoms with Crippen LogP contribution in [0.15, 0.2) is 54.6 Å². The van der Waals surface area contributed by atoms with Crippen LogP contribution in [0.4, 0.5) is 10.5 Å². The molecule has 36 heavy (non-hydrogen) atoms. The van der Waals surface area contributed by atoms with Gasteiger partial charge in [-0.25, -0.2) is 9.78 Å². The molecule has 1 aromatic heterocycles. The number of H-pyrrole nitrogens is 1. The Morgan fingerprint density at radius 2 is 1.72 bits per heavy atom. The number of nitrogens with one attached hydrogen (secondary N) is 3. The molecule has 0 aliphatic heterocycles. The van der Waals surface area contributed by atoms with Gasteiger partial charge in [-0.1, -0.05) is 54.1 Å². The number of hydrogen-bond donors (Lipinski definition) is 3. The smallest absolute Gasteiger partial charge is 0.408 e. The first-order chi connectivity index (χ1) is 17.0. The Morgan fingerprint density at radius 1 is 1.06 bits per heavy atom. The Hall–Kier alpha value is -3.85. The van der Waals surface area contributed by atoms with Crippen LogP contribution in [0.25, 0.3) is 11.3 Å². The van der Waals surface area contributed by atoms with Gasteiger partial charge >= 0.3 is 12.1 Å². The fraction of sp³-hybridized carbons (Fsp3) is 0.308. The number of hydrogen-bond acceptors (Lipinski definition) is 6. The predicted molar refractivity (Wildman–Crippen MR) is 137 cm³/mol. The molecule has 0 bridgehead atoms. The van der Waals surface area contributed by atoms with E-state index in [2.05, 4.69) is 25.3 Å². The van der Waals surface area contributed by atoms with Crippen LogP contribution in [0.5, 0.6) is 0 Å². The zero-order valence-corrected chi connectivity index (χ0v) is 21.3. The molecule has 0 saturated heterocycles. The van der Waals surface area contributed by atoms with E-state index in [9.17, 15) is 14.4 Å². The van der Waals surface area contributed by atoms with Crippen LogP contribution in [-0.2, 0) is 25.5 Å². The second-order valence-electron chi connectivity index (χ2n) is 9.05. The Bertz CT molecular complexity index is 1200. The molecule has 190 valence electrons. The SMILES string of the molecule is COC(=O)CC(=O)Nc1ccc(-c2nc([C@H](Cc3ccccc3)NC(=O)OC(C)(C)C)[nH]c2Cl)cc1. The highest BCUT2D eigenvalue weighted by Gasteiger charge is 2.24. The van der Waals surface area contributed by atoms with Crippen molar-refractivity contribution in [3.63, 3.8) is 0 Å². The predicted octanol–water partition coefficient (Wildman–Crippen LogP) is 5.04. The zero-order chi connectivity index (χ0) is 26.3. The molecule has 3 rings (SSSR count). The standard InChI is InChI=1S/C26H29ClN4O5/c1-26(2,3)36-25(34)29-19(14-16-8-6-5-7-9-16)24-30-22(23(27)31-24)17-10-12-18(13-11-17)28-20(32)15-21(33)35-4/h5-13,19H,14-15H2,1-4H3,(H,28,32)(H,29,34)(H,30,31)/t19-/m0/s1. The summed E-state index contributed by atoms with van der Waals surface area (Å²) in [6, 6.07) is 16.0. The van der Waals surface area contributed by atoms with Gasteiger partial charge in [0.2, 0.25) is 5.91 Å². The maximum atomic E-state index is 12.5. The maximum absolute atomic E-state index is 12.5. The molecule has 0 spiro atoms. The highest BCUT2D eigenvalue weighted by Crippen LogP contribution is 2.29. The average molecular weight is 513 g/mol. The highest BCUT2D eigenvalue weighted by molar-refractivity contribution is 6.31. The van der Waals surface area contributed by atoms with Gasteiger partial charge in [0.15, 0.2) is 0 Å². The van der Waals surface area contributed by atoms with E-state index in [1.54, 1.807) is 45.0 Å². The molecule has 2 aromatic carbocycles. The highest BCUT2D eigenvalue weighted by atomic mass is 35.5. The third-order valence-corrected chi connectivity index (χ3v) is 5.23. The van der Waals surface area contributed by atoms with Gasteiger partial charge in [-0.3, -0.25) is 9.59 Å². The lowest BCUT2D eigenvalue weighted by Crippen LogP contribution is -2.36. The summed E-state index contributed by atoms with van der Waals surface area (Å²) in [5.74, 6) is -0.628. The summed E-state index contributed by atoms with van der Waals surface area (Å²) < 4.78 is 9.93. The lowest BCUT2D eigenvalue weighted by atomic mass is 10.1. The Balaban J connectivity index is 1.80. The number of alkyl carbamates (subject to hydrolysis) is 1. The van der Waals surface area contributed by atoms with Gasteiger partial charge in [0.25, 0.3) is 0 Å². The second-order valence-corrected chi connectivity index (χ2v) is 9.43. The van der Waals surface area contributed by atoms with Crippen LogP contribution in [0.1, 0.15) is 44.6 Å². The first kappa shape index (κ1) is 26.7. The summed E-state index contributed by atoms with van der Waals surface area (Å²) in [6.45, 7) is 5.38. The number of ether oxygens (including phenoxy) is 2. The van der Waals surface area contributed by atoms with Crippen LogP contribution in [0.3, 0.4) is 0 Å². The molecule has 1 atom stereocenters. The van der Waals surface area contributed by atoms with Gasteiger partial charge in [-0.2, -0.15) is 0 Å². The number of halogens is 1. The molecule has 0 fully saturated rings. The largest absolute Gasteiger partial charge is 0.469 e. The molecule has 0 saturated carbocycles. The fourth-order valence-corrected chi connectivity index (χ4v) is 3.61. The van der Waals surface area contributed by atoms with Crippen LogP contribution in [0, 0.1) is 0 Å². The minimum absolute atomic E-state index is 0.302. The van der Waals surface area contributed by atoms with Crippen molar-refractivity contribution in [1.29, 1.82) is 0 Å². The quantitative estimate of drug-likeness (QED) is 0.287. The molecule has 10 heteroatoms. The molecule has 2 amide bonds. The van der Waals surface area contributed by atoms with E-state index in [0.717, 1.165) is 5.56 Å². The normalized spacial score (nSPS) is 11.9. The van der Waals surface area contributed by atoms with Gasteiger partial charge in [0.1, 0.15) is 28.7 Å². The van der Waals surface area contributed by atoms with Gasteiger partial charge in [0.05, 0.1) is 13.2 Å². The van der Waals surface area contributed by atoms with Crippen molar-refractivity contribution in [1.82, 2.24) is 15.3 Å². The van der Waals surface area contributed by atoms with Crippen molar-refractivity contribution in [3.8, 4) is 11.3 Å². The van der Waals surface area contributed by atoms with Crippen LogP contribution < -0.4 is 10.6 Å². The van der Waals surface area contributed by atoms with Gasteiger partial charge in [0, 0.05) is 17.7 Å². The average Bonchev–Trinajstić information content (AvgIpc) is 3.20. The van der Waals surface area contributed by atoms with E-state index >= 15 is 0 Å². The van der Waals surface area contributed by atoms with Crippen molar-refractivity contribution in [2.75, 3.05) is 12.4 Å². The van der Waals surface area contributed by atoms with E-state index in [1.807, 2.05) is 30.3 Å². The minimum atomic E-state index is -0.651. The molecule has 9 nitrogen and oxygen atoms in total. The molecular weight excluding hydrogens is 484 g/mol. The Morgan fingerprint density at radius 3 is 2.33 bits per heavy atom. The van der Waals surface area contributed by atoms with Crippen molar-refractivity contribution in [3.05, 3.63) is 71.1 Å². The van der Waals surface area contributed by atoms with Crippen molar-refractivity contribution < 1.29 is 23.9 Å². The number of nitrogens with zero attached hydrogens (tertiary/aromatic N) is 1. The van der Waals surface area contributed by atoms with Crippen molar-refractivity contribution in [2.45, 2.75) is 45.3 Å². The fourth-order valence-electron chi connectivity index (χ4n) is 3.36. The molecule has 0 aliphatic carbocycles. The van der Waals surface area contributed by atoms with Gasteiger partial charge in [-0.15, -0.1) is 0 Å². The lowest BCUT2D eigenvalue weighted by molar-refractivity contribution is -0.142. The number of imidazole rings is 1. The number of carbonyl (C=O) groups is 3. The van der Waals surface area contributed by atoms with E-state index < -0.39 is 29.6 Å². The van der Waals surface area contributed by atoms with Crippen LogP contribution in [0.2, 0.25) is 5.15 Å². The number of aromatic amines is 1. The number of benzene rings is 2. The van der Waals surface area contributed by atoms with E-state index in [4.69, 9.17) is 16.3 Å². The molecule has 1 heterocycles. The summed E-state index contributed by atoms with van der Waals surface area (Å²) in [7, 11) is 1.22. The number of amides is 2. The number of rotatable bonds is 8. The third-order valence-electron chi connectivity index (χ3n) is 4.96. The number of carbonyl (C=O) groups excluding carboxylic acids is 3. The van der Waals surface area contributed by atoms with Crippen LogP contribution >= 0.6 is 11.6 Å². The minimum Gasteiger partial charge on any atom is -0.469 e. The Labute approximate surface area is 214 Å². The molecule has 3 N–H and O–H groups in total. The monoisotopic (exact) mass is 512 g/mol. The number of methoxy groups -OCH3 is 1. The van der Waals surface area contributed by atoms with Crippen LogP contribution in [-0.4, -0.2) is 40.6 Å². The third kappa shape index (κ3) is 7.84. The van der Waals surface area contributed by atoms with E-state index in [1.165, 1.54) is 7.11 Å². The first-order valence-electron chi connectivity index (χ1n) is 11.3. The number of esters is 1.